The maximum absolute atomic E-state index is 12.8. The summed E-state index contributed by atoms with van der Waals surface area (Å²) < 4.78 is 0. The van der Waals surface area contributed by atoms with Gasteiger partial charge in [0, 0.05) is 46.0 Å². The van der Waals surface area contributed by atoms with Gasteiger partial charge in [-0.25, -0.2) is 0 Å². The highest BCUT2D eigenvalue weighted by atomic mass is 35.5. The molecule has 0 saturated heterocycles. The fraction of sp³-hybridized carbons (Fsp3) is 0.286. The topological polar surface area (TPSA) is 62.1 Å². The first-order valence-electron chi connectivity index (χ1n) is 9.06. The molecular weight excluding hydrogens is 378 g/mol. The number of amides is 1. The van der Waals surface area contributed by atoms with E-state index >= 15 is 0 Å². The van der Waals surface area contributed by atoms with E-state index in [-0.39, 0.29) is 11.9 Å². The molecule has 140 valence electrons. The van der Waals surface area contributed by atoms with E-state index in [1.54, 1.807) is 11.8 Å². The van der Waals surface area contributed by atoms with Gasteiger partial charge in [0.2, 0.25) is 5.91 Å². The second kappa shape index (κ2) is 7.58. The molecule has 1 aliphatic rings. The van der Waals surface area contributed by atoms with Crippen LogP contribution >= 0.6 is 23.4 Å². The first kappa shape index (κ1) is 18.4. The molecule has 1 atom stereocenters. The highest BCUT2D eigenvalue weighted by Gasteiger charge is 2.34. The van der Waals surface area contributed by atoms with E-state index in [9.17, 15) is 4.79 Å². The van der Waals surface area contributed by atoms with Crippen LogP contribution in [-0.4, -0.2) is 35.1 Å². The lowest BCUT2D eigenvalue weighted by Gasteiger charge is -2.36. The van der Waals surface area contributed by atoms with Crippen molar-refractivity contribution in [1.82, 2.24) is 9.88 Å². The van der Waals surface area contributed by atoms with E-state index in [4.69, 9.17) is 17.3 Å². The molecule has 4 nitrogen and oxygen atoms in total. The number of rotatable bonds is 4. The molecule has 3 aromatic rings. The van der Waals surface area contributed by atoms with Crippen LogP contribution in [-0.2, 0) is 11.2 Å². The van der Waals surface area contributed by atoms with Gasteiger partial charge in [0.1, 0.15) is 0 Å². The second-order valence-electron chi connectivity index (χ2n) is 6.76. The molecule has 1 unspecified atom stereocenters. The number of nitrogens with zero attached hydrogens (tertiary/aromatic N) is 1. The fourth-order valence-electron chi connectivity index (χ4n) is 3.93. The Morgan fingerprint density at radius 3 is 2.78 bits per heavy atom. The number of fused-ring (bicyclic) bond motifs is 3. The molecule has 0 spiro atoms. The summed E-state index contributed by atoms with van der Waals surface area (Å²) >= 11 is 7.94. The Hall–Kier alpha value is -1.95. The van der Waals surface area contributed by atoms with Gasteiger partial charge in [-0.05, 0) is 54.1 Å². The molecule has 27 heavy (non-hydrogen) atoms. The number of H-pyrrole nitrogens is 1. The SMILES string of the molecule is CSc1ccc(C2c3[nH]c4ccc(Cl)cc4c3CCN2C(=O)CCN)cc1. The summed E-state index contributed by atoms with van der Waals surface area (Å²) in [5.41, 5.74) is 10.2. The minimum Gasteiger partial charge on any atom is -0.356 e. The minimum atomic E-state index is -0.130. The zero-order valence-corrected chi connectivity index (χ0v) is 16.7. The predicted molar refractivity (Wildman–Crippen MR) is 112 cm³/mol. The van der Waals surface area contributed by atoms with Gasteiger partial charge >= 0.3 is 0 Å². The van der Waals surface area contributed by atoms with Crippen molar-refractivity contribution in [3.05, 3.63) is 64.3 Å². The molecule has 2 aromatic carbocycles. The van der Waals surface area contributed by atoms with Gasteiger partial charge in [-0.3, -0.25) is 4.79 Å². The molecule has 0 fully saturated rings. The monoisotopic (exact) mass is 399 g/mol. The van der Waals surface area contributed by atoms with Crippen LogP contribution in [0.3, 0.4) is 0 Å². The molecule has 1 amide bonds. The third kappa shape index (κ3) is 3.35. The lowest BCUT2D eigenvalue weighted by Crippen LogP contribution is -2.41. The Bertz CT molecular complexity index is 983. The van der Waals surface area contributed by atoms with Gasteiger partial charge < -0.3 is 15.6 Å². The summed E-state index contributed by atoms with van der Waals surface area (Å²) in [5, 5.41) is 1.88. The van der Waals surface area contributed by atoms with E-state index in [1.165, 1.54) is 10.5 Å². The van der Waals surface area contributed by atoms with Crippen LogP contribution < -0.4 is 5.73 Å². The molecule has 0 saturated carbocycles. The quantitative estimate of drug-likeness (QED) is 0.640. The number of aromatic amines is 1. The predicted octanol–water partition coefficient (Wildman–Crippen LogP) is 4.37. The highest BCUT2D eigenvalue weighted by Crippen LogP contribution is 2.39. The standard InChI is InChI=1S/C21H22ClN3OS/c1-27-15-5-2-13(3-6-15)21-20-16(9-11-25(21)19(26)8-10-23)17-12-14(22)4-7-18(17)24-20/h2-7,12,21,24H,8-11,23H2,1H3. The van der Waals surface area contributed by atoms with Crippen LogP contribution in [0.25, 0.3) is 10.9 Å². The number of hydrogen-bond acceptors (Lipinski definition) is 3. The Labute approximate surface area is 168 Å². The lowest BCUT2D eigenvalue weighted by atomic mass is 9.92. The van der Waals surface area contributed by atoms with E-state index in [0.717, 1.165) is 33.6 Å². The molecule has 2 heterocycles. The number of nitrogens with one attached hydrogen (secondary N) is 1. The first-order chi connectivity index (χ1) is 13.1. The number of nitrogens with two attached hydrogens (primary N) is 1. The second-order valence-corrected chi connectivity index (χ2v) is 8.07. The Morgan fingerprint density at radius 1 is 1.30 bits per heavy atom. The summed E-state index contributed by atoms with van der Waals surface area (Å²) in [6.45, 7) is 1.04. The molecule has 6 heteroatoms. The van der Waals surface area contributed by atoms with Crippen LogP contribution in [0.15, 0.2) is 47.4 Å². The molecule has 1 aliphatic heterocycles. The molecule has 0 radical (unpaired) electrons. The van der Waals surface area contributed by atoms with Crippen LogP contribution in [0.5, 0.6) is 0 Å². The fourth-order valence-corrected chi connectivity index (χ4v) is 4.51. The number of benzene rings is 2. The van der Waals surface area contributed by atoms with Crippen molar-refractivity contribution in [1.29, 1.82) is 0 Å². The number of carbonyl (C=O) groups is 1. The number of halogens is 1. The van der Waals surface area contributed by atoms with Crippen LogP contribution in [0.4, 0.5) is 0 Å². The van der Waals surface area contributed by atoms with Gasteiger partial charge in [-0.15, -0.1) is 11.8 Å². The molecule has 0 bridgehead atoms. The van der Waals surface area contributed by atoms with Crippen molar-refractivity contribution >= 4 is 40.2 Å². The third-order valence-corrected chi connectivity index (χ3v) is 6.18. The van der Waals surface area contributed by atoms with Crippen molar-refractivity contribution in [3.63, 3.8) is 0 Å². The van der Waals surface area contributed by atoms with Crippen LogP contribution in [0, 0.1) is 0 Å². The van der Waals surface area contributed by atoms with Crippen molar-refractivity contribution < 1.29 is 4.79 Å². The highest BCUT2D eigenvalue weighted by molar-refractivity contribution is 7.98. The molecule has 3 N–H and O–H groups in total. The maximum atomic E-state index is 12.8. The van der Waals surface area contributed by atoms with E-state index < -0.39 is 0 Å². The number of thioether (sulfide) groups is 1. The molecule has 1 aromatic heterocycles. The first-order valence-corrected chi connectivity index (χ1v) is 10.7. The van der Waals surface area contributed by atoms with Crippen molar-refractivity contribution in [3.8, 4) is 0 Å². The van der Waals surface area contributed by atoms with Crippen LogP contribution in [0.1, 0.15) is 29.3 Å². The Morgan fingerprint density at radius 2 is 2.07 bits per heavy atom. The van der Waals surface area contributed by atoms with Gasteiger partial charge in [0.15, 0.2) is 0 Å². The zero-order valence-electron chi connectivity index (χ0n) is 15.2. The van der Waals surface area contributed by atoms with Gasteiger partial charge in [-0.1, -0.05) is 23.7 Å². The Kier molecular flexibility index (Phi) is 5.17. The summed E-state index contributed by atoms with van der Waals surface area (Å²) in [6, 6.07) is 14.2. The van der Waals surface area contributed by atoms with Crippen molar-refractivity contribution in [2.75, 3.05) is 19.3 Å². The number of hydrogen-bond donors (Lipinski definition) is 2. The number of aromatic nitrogens is 1. The summed E-state index contributed by atoms with van der Waals surface area (Å²) in [6.07, 6.45) is 3.23. The molecule has 0 aliphatic carbocycles. The molecular formula is C21H22ClN3OS. The minimum absolute atomic E-state index is 0.0961. The summed E-state index contributed by atoms with van der Waals surface area (Å²) in [5.74, 6) is 0.0961. The molecule has 4 rings (SSSR count). The van der Waals surface area contributed by atoms with Gasteiger partial charge in [-0.2, -0.15) is 0 Å². The van der Waals surface area contributed by atoms with E-state index in [1.807, 2.05) is 23.1 Å². The van der Waals surface area contributed by atoms with Crippen LogP contribution in [0.2, 0.25) is 5.02 Å². The van der Waals surface area contributed by atoms with Crippen molar-refractivity contribution in [2.45, 2.75) is 23.8 Å². The maximum Gasteiger partial charge on any atom is 0.224 e. The van der Waals surface area contributed by atoms with E-state index in [0.29, 0.717) is 19.5 Å². The largest absolute Gasteiger partial charge is 0.356 e. The number of carbonyl (C=O) groups excluding carboxylic acids is 1. The van der Waals surface area contributed by atoms with E-state index in [2.05, 4.69) is 35.5 Å². The van der Waals surface area contributed by atoms with Gasteiger partial charge in [0.25, 0.3) is 0 Å². The average Bonchev–Trinajstić information content (AvgIpc) is 3.05. The van der Waals surface area contributed by atoms with Gasteiger partial charge in [0.05, 0.1) is 6.04 Å². The normalized spacial score (nSPS) is 16.6. The average molecular weight is 400 g/mol. The third-order valence-electron chi connectivity index (χ3n) is 5.20. The zero-order chi connectivity index (χ0) is 19.0. The Balaban J connectivity index is 1.86. The smallest absolute Gasteiger partial charge is 0.224 e. The summed E-state index contributed by atoms with van der Waals surface area (Å²) in [4.78, 5) is 19.5. The lowest BCUT2D eigenvalue weighted by molar-refractivity contribution is -0.133. The summed E-state index contributed by atoms with van der Waals surface area (Å²) in [7, 11) is 0. The van der Waals surface area contributed by atoms with Crippen molar-refractivity contribution in [2.24, 2.45) is 5.73 Å².